The third-order valence-electron chi connectivity index (χ3n) is 1.67. The van der Waals surface area contributed by atoms with Crippen molar-refractivity contribution < 1.29 is 4.74 Å². The molecule has 0 aromatic carbocycles. The largest absolute Gasteiger partial charge is 0.380 e. The number of ether oxygens (including phenoxy) is 1. The molecule has 1 aliphatic heterocycles. The van der Waals surface area contributed by atoms with Gasteiger partial charge in [-0.25, -0.2) is 0 Å². The molecule has 1 fully saturated rings. The summed E-state index contributed by atoms with van der Waals surface area (Å²) in [6.45, 7) is 3.22. The summed E-state index contributed by atoms with van der Waals surface area (Å²) in [5.41, 5.74) is 0. The van der Waals surface area contributed by atoms with E-state index in [-0.39, 0.29) is 7.43 Å². The van der Waals surface area contributed by atoms with Crippen LogP contribution in [0.1, 0.15) is 33.6 Å². The monoisotopic (exact) mass is 146 g/mol. The maximum absolute atomic E-state index is 5.53. The van der Waals surface area contributed by atoms with E-state index in [0.29, 0.717) is 5.22 Å². The van der Waals surface area contributed by atoms with Crippen molar-refractivity contribution in [3.8, 4) is 0 Å². The lowest BCUT2D eigenvalue weighted by molar-refractivity contribution is -0.00436. The second kappa shape index (κ2) is 3.37. The molecule has 0 spiro atoms. The SMILES string of the molecule is C.CC1([SiH3])CCCCO1. The average Bonchev–Trinajstić information content (AvgIpc) is 1.65. The first-order chi connectivity index (χ1) is 3.71. The Labute approximate surface area is 61.2 Å². The maximum atomic E-state index is 5.53. The minimum atomic E-state index is 0. The molecule has 0 N–H and O–H groups in total. The molecule has 0 aromatic rings. The van der Waals surface area contributed by atoms with Gasteiger partial charge in [-0.3, -0.25) is 0 Å². The average molecular weight is 146 g/mol. The fraction of sp³-hybridized carbons (Fsp3) is 1.00. The van der Waals surface area contributed by atoms with Crippen molar-refractivity contribution in [2.24, 2.45) is 0 Å². The van der Waals surface area contributed by atoms with Gasteiger partial charge in [-0.05, 0) is 26.2 Å². The first-order valence-electron chi connectivity index (χ1n) is 3.35. The van der Waals surface area contributed by atoms with E-state index in [1.165, 1.54) is 29.5 Å². The molecule has 1 atom stereocenters. The first kappa shape index (κ1) is 9.18. The zero-order valence-electron chi connectivity index (χ0n) is 5.74. The topological polar surface area (TPSA) is 9.23 Å². The van der Waals surface area contributed by atoms with Crippen LogP contribution in [0.3, 0.4) is 0 Å². The normalized spacial score (nSPS) is 35.7. The molecule has 2 heteroatoms. The lowest BCUT2D eigenvalue weighted by Gasteiger charge is -2.29. The second-order valence-corrected chi connectivity index (χ2v) is 5.18. The molecule has 56 valence electrons. The molecule has 0 bridgehead atoms. The van der Waals surface area contributed by atoms with Crippen molar-refractivity contribution in [3.63, 3.8) is 0 Å². The Morgan fingerprint density at radius 1 is 1.44 bits per heavy atom. The van der Waals surface area contributed by atoms with Crippen LogP contribution in [0, 0.1) is 0 Å². The van der Waals surface area contributed by atoms with Gasteiger partial charge in [-0.1, -0.05) is 7.43 Å². The molecular formula is C7H18OSi. The van der Waals surface area contributed by atoms with Crippen LogP contribution in [0.25, 0.3) is 0 Å². The Morgan fingerprint density at radius 2 is 2.11 bits per heavy atom. The number of rotatable bonds is 0. The standard InChI is InChI=1S/C6H14OSi.CH4/c1-6(8)4-2-3-5-7-6;/h2-5H2,1,8H3;1H4. The van der Waals surface area contributed by atoms with E-state index in [2.05, 4.69) is 6.92 Å². The van der Waals surface area contributed by atoms with Gasteiger partial charge < -0.3 is 4.74 Å². The summed E-state index contributed by atoms with van der Waals surface area (Å²) in [6, 6.07) is 0. The lowest BCUT2D eigenvalue weighted by Crippen LogP contribution is -2.32. The smallest absolute Gasteiger partial charge is 0.0468 e. The fourth-order valence-electron chi connectivity index (χ4n) is 1.07. The molecule has 1 rings (SSSR count). The molecule has 0 saturated carbocycles. The van der Waals surface area contributed by atoms with Crippen LogP contribution in [0.2, 0.25) is 0 Å². The minimum absolute atomic E-state index is 0. The third kappa shape index (κ3) is 3.01. The summed E-state index contributed by atoms with van der Waals surface area (Å²) in [7, 11) is 1.19. The molecule has 1 unspecified atom stereocenters. The molecule has 0 aliphatic carbocycles. The summed E-state index contributed by atoms with van der Waals surface area (Å²) in [5.74, 6) is 0. The van der Waals surface area contributed by atoms with Gasteiger partial charge in [-0.2, -0.15) is 0 Å². The molecule has 1 aliphatic rings. The van der Waals surface area contributed by atoms with E-state index in [1.54, 1.807) is 0 Å². The van der Waals surface area contributed by atoms with Crippen LogP contribution in [0.15, 0.2) is 0 Å². The molecule has 1 saturated heterocycles. The molecule has 1 nitrogen and oxygen atoms in total. The van der Waals surface area contributed by atoms with Crippen LogP contribution >= 0.6 is 0 Å². The maximum Gasteiger partial charge on any atom is 0.0468 e. The highest BCUT2D eigenvalue weighted by Crippen LogP contribution is 2.19. The Hall–Kier alpha value is 0.177. The van der Waals surface area contributed by atoms with E-state index in [4.69, 9.17) is 4.74 Å². The van der Waals surface area contributed by atoms with Gasteiger partial charge in [0.15, 0.2) is 0 Å². The zero-order chi connectivity index (χ0) is 6.04. The molecule has 9 heavy (non-hydrogen) atoms. The summed E-state index contributed by atoms with van der Waals surface area (Å²) < 4.78 is 5.53. The highest BCUT2D eigenvalue weighted by Gasteiger charge is 2.20. The molecule has 0 radical (unpaired) electrons. The Bertz CT molecular complexity index is 73.0. The predicted molar refractivity (Wildman–Crippen MR) is 44.9 cm³/mol. The summed E-state index contributed by atoms with van der Waals surface area (Å²) in [4.78, 5) is 0. The second-order valence-electron chi connectivity index (χ2n) is 3.07. The first-order valence-corrected chi connectivity index (χ1v) is 4.35. The molecule has 1 heterocycles. The van der Waals surface area contributed by atoms with E-state index in [0.717, 1.165) is 6.61 Å². The van der Waals surface area contributed by atoms with Crippen molar-refractivity contribution in [2.75, 3.05) is 6.61 Å². The highest BCUT2D eigenvalue weighted by atomic mass is 28.1. The van der Waals surface area contributed by atoms with Crippen LogP contribution < -0.4 is 0 Å². The molecule has 0 amide bonds. The van der Waals surface area contributed by atoms with Gasteiger partial charge in [0, 0.05) is 22.1 Å². The third-order valence-corrected chi connectivity index (χ3v) is 2.45. The summed E-state index contributed by atoms with van der Waals surface area (Å²) in [6.07, 6.45) is 3.94. The van der Waals surface area contributed by atoms with Crippen molar-refractivity contribution in [1.29, 1.82) is 0 Å². The molecule has 0 aromatic heterocycles. The zero-order valence-corrected chi connectivity index (χ0v) is 7.74. The van der Waals surface area contributed by atoms with Crippen LogP contribution in [-0.2, 0) is 4.74 Å². The Kier molecular flexibility index (Phi) is 3.44. The van der Waals surface area contributed by atoms with E-state index in [9.17, 15) is 0 Å². The van der Waals surface area contributed by atoms with Gasteiger partial charge in [0.05, 0.1) is 0 Å². The van der Waals surface area contributed by atoms with Crippen molar-refractivity contribution in [2.45, 2.75) is 38.8 Å². The summed E-state index contributed by atoms with van der Waals surface area (Å²) >= 11 is 0. The quantitative estimate of drug-likeness (QED) is 0.462. The lowest BCUT2D eigenvalue weighted by atomic mass is 10.1. The van der Waals surface area contributed by atoms with Crippen molar-refractivity contribution >= 4 is 10.2 Å². The minimum Gasteiger partial charge on any atom is -0.380 e. The highest BCUT2D eigenvalue weighted by molar-refractivity contribution is 6.14. The van der Waals surface area contributed by atoms with Crippen LogP contribution in [-0.4, -0.2) is 22.1 Å². The fourth-order valence-corrected chi connectivity index (χ4v) is 1.63. The van der Waals surface area contributed by atoms with Crippen LogP contribution in [0.4, 0.5) is 0 Å². The molecular weight excluding hydrogens is 128 g/mol. The number of hydrogen-bond donors (Lipinski definition) is 0. The Morgan fingerprint density at radius 3 is 2.33 bits per heavy atom. The summed E-state index contributed by atoms with van der Waals surface area (Å²) in [5, 5.41) is 0.318. The Balaban J connectivity index is 0.000000640. The predicted octanol–water partition coefficient (Wildman–Crippen LogP) is 0.905. The van der Waals surface area contributed by atoms with Gasteiger partial charge in [0.1, 0.15) is 0 Å². The number of hydrogen-bond acceptors (Lipinski definition) is 1. The van der Waals surface area contributed by atoms with Gasteiger partial charge in [0.25, 0.3) is 0 Å². The van der Waals surface area contributed by atoms with Gasteiger partial charge in [-0.15, -0.1) is 0 Å². The van der Waals surface area contributed by atoms with Gasteiger partial charge >= 0.3 is 0 Å². The van der Waals surface area contributed by atoms with E-state index in [1.807, 2.05) is 0 Å². The van der Waals surface area contributed by atoms with E-state index >= 15 is 0 Å². The van der Waals surface area contributed by atoms with Crippen LogP contribution in [0.5, 0.6) is 0 Å². The van der Waals surface area contributed by atoms with Crippen molar-refractivity contribution in [1.82, 2.24) is 0 Å². The van der Waals surface area contributed by atoms with Crippen molar-refractivity contribution in [3.05, 3.63) is 0 Å². The van der Waals surface area contributed by atoms with Gasteiger partial charge in [0.2, 0.25) is 0 Å². The van der Waals surface area contributed by atoms with E-state index < -0.39 is 0 Å².